The molecular formula is C30H33F2N4O11P. The van der Waals surface area contributed by atoms with Crippen molar-refractivity contribution in [3.8, 4) is 17.2 Å². The number of hydrogen-bond acceptors (Lipinski definition) is 12. The number of rotatable bonds is 12. The van der Waals surface area contributed by atoms with Crippen LogP contribution in [0.2, 0.25) is 0 Å². The molecule has 0 spiro atoms. The molecule has 1 fully saturated rings. The van der Waals surface area contributed by atoms with E-state index in [0.29, 0.717) is 16.1 Å². The van der Waals surface area contributed by atoms with E-state index >= 15 is 8.78 Å². The number of anilines is 1. The van der Waals surface area contributed by atoms with Crippen LogP contribution in [0, 0.1) is 0 Å². The van der Waals surface area contributed by atoms with Crippen LogP contribution >= 0.6 is 7.75 Å². The number of aromatic nitrogens is 2. The standard InChI is InChI=1S/C30H33F2N4O11P/c1-16(2)43-27(39)17(3)35-48(41,47-20-8-6-5-7-9-20)42-15-23-25(37)30(31,32)28(46-23)36-13-12-24(34-29(36)40)33-26(38)19-10-11-21-22(14-19)45-18(4)44-21/h5-14,16-18,23,25,28,37H,15H2,1-4H3,(H,35,41)(H,33,34,38,40)/t17-,18?,23-,25-,28?,48?/m1/s1. The lowest BCUT2D eigenvalue weighted by Crippen LogP contribution is -2.42. The summed E-state index contributed by atoms with van der Waals surface area (Å²) in [6, 6.07) is 12.0. The number of alkyl halides is 2. The molecule has 3 N–H and O–H groups in total. The van der Waals surface area contributed by atoms with Crippen LogP contribution in [0.3, 0.4) is 0 Å². The zero-order valence-electron chi connectivity index (χ0n) is 26.1. The lowest BCUT2D eigenvalue weighted by molar-refractivity contribution is -0.149. The van der Waals surface area contributed by atoms with Gasteiger partial charge in [-0.05, 0) is 57.2 Å². The van der Waals surface area contributed by atoms with Crippen molar-refractivity contribution >= 4 is 25.4 Å². The average molecular weight is 695 g/mol. The summed E-state index contributed by atoms with van der Waals surface area (Å²) in [6.07, 6.45) is -6.81. The third kappa shape index (κ3) is 7.82. The van der Waals surface area contributed by atoms with Crippen LogP contribution in [0.1, 0.15) is 44.3 Å². The van der Waals surface area contributed by atoms with E-state index in [-0.39, 0.29) is 17.1 Å². The lowest BCUT2D eigenvalue weighted by atomic mass is 10.1. The molecule has 3 heterocycles. The van der Waals surface area contributed by atoms with E-state index in [1.807, 2.05) is 0 Å². The van der Waals surface area contributed by atoms with Crippen LogP contribution in [0.15, 0.2) is 65.6 Å². The molecule has 5 rings (SSSR count). The maximum Gasteiger partial charge on any atom is 0.459 e. The fraction of sp³-hybridized carbons (Fsp3) is 0.400. The van der Waals surface area contributed by atoms with Crippen molar-refractivity contribution in [1.29, 1.82) is 0 Å². The Morgan fingerprint density at radius 3 is 2.50 bits per heavy atom. The monoisotopic (exact) mass is 694 g/mol. The van der Waals surface area contributed by atoms with Gasteiger partial charge in [-0.2, -0.15) is 18.9 Å². The first-order valence-corrected chi connectivity index (χ1v) is 16.3. The van der Waals surface area contributed by atoms with Gasteiger partial charge in [0.2, 0.25) is 12.5 Å². The zero-order chi connectivity index (χ0) is 34.8. The highest BCUT2D eigenvalue weighted by molar-refractivity contribution is 7.52. The Bertz CT molecular complexity index is 1760. The van der Waals surface area contributed by atoms with Crippen LogP contribution in [0.5, 0.6) is 17.2 Å². The number of nitrogens with one attached hydrogen (secondary N) is 2. The quantitative estimate of drug-likeness (QED) is 0.185. The number of carbonyl (C=O) groups is 2. The minimum atomic E-state index is -4.49. The SMILES string of the molecule is CC(C)OC(=O)[C@@H](C)NP(=O)(OC[C@H]1OC(n2ccc(NC(=O)c3ccc4c(c3)OC(C)O4)nc2=O)C(F)(F)[C@@H]1O)Oc1ccccc1. The van der Waals surface area contributed by atoms with E-state index < -0.39 is 74.7 Å². The van der Waals surface area contributed by atoms with Gasteiger partial charge in [-0.3, -0.25) is 18.7 Å². The number of halogens is 2. The molecule has 1 amide bonds. The Kier molecular flexibility index (Phi) is 10.2. The number of fused-ring (bicyclic) bond motifs is 1. The van der Waals surface area contributed by atoms with Gasteiger partial charge in [0.05, 0.1) is 12.7 Å². The summed E-state index contributed by atoms with van der Waals surface area (Å²) >= 11 is 0. The van der Waals surface area contributed by atoms with Crippen molar-refractivity contribution in [2.75, 3.05) is 11.9 Å². The maximum atomic E-state index is 15.3. The number of hydrogen-bond donors (Lipinski definition) is 3. The molecule has 1 aromatic heterocycles. The highest BCUT2D eigenvalue weighted by Crippen LogP contribution is 2.48. The number of benzene rings is 2. The summed E-state index contributed by atoms with van der Waals surface area (Å²) in [5, 5.41) is 15.3. The molecule has 258 valence electrons. The Morgan fingerprint density at radius 2 is 1.81 bits per heavy atom. The largest absolute Gasteiger partial charge is 0.462 e. The summed E-state index contributed by atoms with van der Waals surface area (Å²) in [7, 11) is -4.49. The third-order valence-electron chi connectivity index (χ3n) is 6.93. The molecule has 48 heavy (non-hydrogen) atoms. The highest BCUT2D eigenvalue weighted by atomic mass is 31.2. The number of aliphatic hydroxyl groups excluding tert-OH is 1. The number of carbonyl (C=O) groups excluding carboxylic acids is 2. The molecule has 0 saturated carbocycles. The number of nitrogens with zero attached hydrogens (tertiary/aromatic N) is 2. The summed E-state index contributed by atoms with van der Waals surface area (Å²) in [6.45, 7) is 5.32. The summed E-state index contributed by atoms with van der Waals surface area (Å²) in [4.78, 5) is 41.6. The Balaban J connectivity index is 1.28. The first-order valence-electron chi connectivity index (χ1n) is 14.7. The molecule has 2 aliphatic heterocycles. The number of para-hydroxylation sites is 1. The van der Waals surface area contributed by atoms with Gasteiger partial charge in [0.25, 0.3) is 5.91 Å². The third-order valence-corrected chi connectivity index (χ3v) is 8.57. The molecular weight excluding hydrogens is 661 g/mol. The van der Waals surface area contributed by atoms with Gasteiger partial charge in [-0.25, -0.2) is 9.36 Å². The van der Waals surface area contributed by atoms with Crippen LogP contribution in [-0.4, -0.2) is 69.7 Å². The normalized spacial score (nSPS) is 22.9. The van der Waals surface area contributed by atoms with Crippen LogP contribution in [0.25, 0.3) is 0 Å². The molecule has 15 nitrogen and oxygen atoms in total. The number of aliphatic hydroxyl groups is 1. The van der Waals surface area contributed by atoms with Crippen molar-refractivity contribution in [2.24, 2.45) is 0 Å². The Labute approximate surface area is 272 Å². The van der Waals surface area contributed by atoms with Gasteiger partial charge in [-0.1, -0.05) is 18.2 Å². The second kappa shape index (κ2) is 14.0. The van der Waals surface area contributed by atoms with Gasteiger partial charge >= 0.3 is 25.3 Å². The second-order valence-electron chi connectivity index (χ2n) is 11.1. The topological polar surface area (TPSA) is 186 Å². The first kappa shape index (κ1) is 34.9. The van der Waals surface area contributed by atoms with Gasteiger partial charge in [0.15, 0.2) is 17.6 Å². The van der Waals surface area contributed by atoms with Crippen LogP contribution < -0.4 is 30.1 Å². The van der Waals surface area contributed by atoms with Crippen LogP contribution in [-0.2, 0) is 23.4 Å². The predicted molar refractivity (Wildman–Crippen MR) is 163 cm³/mol. The smallest absolute Gasteiger partial charge is 0.459 e. The maximum absolute atomic E-state index is 15.3. The highest BCUT2D eigenvalue weighted by Gasteiger charge is 2.60. The molecule has 1 saturated heterocycles. The molecule has 0 bridgehead atoms. The first-order chi connectivity index (χ1) is 22.6. The Morgan fingerprint density at radius 1 is 1.10 bits per heavy atom. The van der Waals surface area contributed by atoms with Gasteiger partial charge in [-0.15, -0.1) is 0 Å². The molecule has 18 heteroatoms. The van der Waals surface area contributed by atoms with E-state index in [4.69, 9.17) is 28.0 Å². The fourth-order valence-electron chi connectivity index (χ4n) is 4.68. The number of esters is 1. The molecule has 2 aliphatic rings. The van der Waals surface area contributed by atoms with E-state index in [2.05, 4.69) is 15.4 Å². The molecule has 3 unspecified atom stereocenters. The van der Waals surface area contributed by atoms with E-state index in [0.717, 1.165) is 12.3 Å². The second-order valence-corrected chi connectivity index (χ2v) is 12.8. The zero-order valence-corrected chi connectivity index (χ0v) is 27.0. The summed E-state index contributed by atoms with van der Waals surface area (Å²) < 4.78 is 76.9. The minimum absolute atomic E-state index is 0.0618. The number of amides is 1. The van der Waals surface area contributed by atoms with E-state index in [9.17, 15) is 24.1 Å². The summed E-state index contributed by atoms with van der Waals surface area (Å²) in [5.74, 6) is -4.89. The molecule has 3 aromatic rings. The van der Waals surface area contributed by atoms with Crippen molar-refractivity contribution in [1.82, 2.24) is 14.6 Å². The van der Waals surface area contributed by atoms with Crippen molar-refractivity contribution in [2.45, 2.75) is 70.5 Å². The molecule has 2 aromatic carbocycles. The van der Waals surface area contributed by atoms with E-state index in [1.54, 1.807) is 39.0 Å². The molecule has 0 aliphatic carbocycles. The molecule has 6 atom stereocenters. The van der Waals surface area contributed by atoms with Gasteiger partial charge < -0.3 is 33.9 Å². The van der Waals surface area contributed by atoms with Crippen molar-refractivity contribution in [3.05, 3.63) is 76.8 Å². The average Bonchev–Trinajstić information content (AvgIpc) is 3.50. The molecule has 0 radical (unpaired) electrons. The predicted octanol–water partition coefficient (Wildman–Crippen LogP) is 3.64. The van der Waals surface area contributed by atoms with Crippen LogP contribution in [0.4, 0.5) is 14.6 Å². The fourth-order valence-corrected chi connectivity index (χ4v) is 6.18. The van der Waals surface area contributed by atoms with Crippen molar-refractivity contribution in [3.63, 3.8) is 0 Å². The summed E-state index contributed by atoms with van der Waals surface area (Å²) in [5.41, 5.74) is -1.08. The van der Waals surface area contributed by atoms with E-state index in [1.165, 1.54) is 37.3 Å². The Hall–Kier alpha value is -4.41. The van der Waals surface area contributed by atoms with Gasteiger partial charge in [0, 0.05) is 18.7 Å². The number of ether oxygens (including phenoxy) is 4. The van der Waals surface area contributed by atoms with Gasteiger partial charge in [0.1, 0.15) is 23.7 Å². The lowest BCUT2D eigenvalue weighted by Gasteiger charge is -2.25. The van der Waals surface area contributed by atoms with Crippen molar-refractivity contribution < 1.29 is 56.0 Å². The minimum Gasteiger partial charge on any atom is -0.462 e.